The van der Waals surface area contributed by atoms with Crippen LogP contribution in [-0.4, -0.2) is 35.7 Å². The molecule has 0 bridgehead atoms. The van der Waals surface area contributed by atoms with Gasteiger partial charge in [0, 0.05) is 33.0 Å². The Morgan fingerprint density at radius 2 is 1.97 bits per heavy atom. The Morgan fingerprint density at radius 3 is 2.79 bits per heavy atom. The topological polar surface area (TPSA) is 81.6 Å². The molecule has 0 radical (unpaired) electrons. The van der Waals surface area contributed by atoms with Crippen molar-refractivity contribution in [2.75, 3.05) is 24.9 Å². The van der Waals surface area contributed by atoms with E-state index in [9.17, 15) is 15.0 Å². The number of aliphatic hydroxyl groups is 1. The molecule has 150 valence electrons. The SMILES string of the molecule is [2H]c1c([2H])c(NC([2H])([2H])C([2H])([2H])NC[C@H](O)c2c([2H])c([2H])c([2H])c(Cl)c2[2H])c([2H])c(-c2cccc(C(=O)O)c2)c1[2H]. The summed E-state index contributed by atoms with van der Waals surface area (Å²) in [5, 5.41) is 23.6. The van der Waals surface area contributed by atoms with Crippen LogP contribution in [0.5, 0.6) is 0 Å². The lowest BCUT2D eigenvalue weighted by molar-refractivity contribution is 0.0697. The zero-order chi connectivity index (χ0) is 31.2. The minimum Gasteiger partial charge on any atom is -0.478 e. The van der Waals surface area contributed by atoms with Crippen molar-refractivity contribution in [1.82, 2.24) is 5.32 Å². The quantitative estimate of drug-likeness (QED) is 0.410. The molecule has 0 aliphatic heterocycles. The van der Waals surface area contributed by atoms with Gasteiger partial charge in [-0.2, -0.15) is 0 Å². The van der Waals surface area contributed by atoms with E-state index in [1.807, 2.05) is 0 Å². The minimum atomic E-state index is -3.15. The van der Waals surface area contributed by atoms with E-state index in [4.69, 9.17) is 28.1 Å². The van der Waals surface area contributed by atoms with Gasteiger partial charge in [0.05, 0.1) is 25.4 Å². The molecule has 6 heteroatoms. The number of nitrogens with one attached hydrogen (secondary N) is 2. The van der Waals surface area contributed by atoms with E-state index >= 15 is 0 Å². The third-order valence-corrected chi connectivity index (χ3v) is 3.79. The summed E-state index contributed by atoms with van der Waals surface area (Å²) in [6, 6.07) is -0.236. The van der Waals surface area contributed by atoms with Crippen LogP contribution in [0.15, 0.2) is 72.6 Å². The van der Waals surface area contributed by atoms with Crippen molar-refractivity contribution in [3.63, 3.8) is 0 Å². The highest BCUT2D eigenvalue weighted by Gasteiger charge is 2.07. The van der Waals surface area contributed by atoms with Crippen LogP contribution >= 0.6 is 11.6 Å². The molecule has 29 heavy (non-hydrogen) atoms. The smallest absolute Gasteiger partial charge is 0.335 e. The number of anilines is 1. The summed E-state index contributed by atoms with van der Waals surface area (Å²) in [7, 11) is 0. The molecule has 0 aromatic heterocycles. The predicted octanol–water partition coefficient (Wildman–Crippen LogP) is 4.44. The Labute approximate surface area is 191 Å². The molecule has 0 spiro atoms. The molecular formula is C23H23ClN2O3. The van der Waals surface area contributed by atoms with Gasteiger partial charge >= 0.3 is 5.97 Å². The number of carboxylic acids is 1. The summed E-state index contributed by atoms with van der Waals surface area (Å²) in [6.07, 6.45) is -1.82. The summed E-state index contributed by atoms with van der Waals surface area (Å²) < 4.78 is 97.6. The summed E-state index contributed by atoms with van der Waals surface area (Å²) in [4.78, 5) is 11.4. The lowest BCUT2D eigenvalue weighted by atomic mass is 10.0. The maximum Gasteiger partial charge on any atom is 0.335 e. The second-order valence-electron chi connectivity index (χ2n) is 5.64. The molecule has 5 nitrogen and oxygen atoms in total. The Hall–Kier alpha value is -2.86. The Bertz CT molecular complexity index is 1510. The number of halogens is 1. The van der Waals surface area contributed by atoms with Crippen LogP contribution in [0, 0.1) is 0 Å². The summed E-state index contributed by atoms with van der Waals surface area (Å²) >= 11 is 5.84. The zero-order valence-electron chi connectivity index (χ0n) is 26.8. The van der Waals surface area contributed by atoms with Crippen molar-refractivity contribution >= 4 is 23.3 Å². The second kappa shape index (κ2) is 10.1. The lowest BCUT2D eigenvalue weighted by Crippen LogP contribution is -2.26. The molecule has 3 rings (SSSR count). The van der Waals surface area contributed by atoms with Gasteiger partial charge in [-0.3, -0.25) is 0 Å². The van der Waals surface area contributed by atoms with Crippen LogP contribution in [0.3, 0.4) is 0 Å². The fourth-order valence-corrected chi connectivity index (χ4v) is 2.40. The highest BCUT2D eigenvalue weighted by molar-refractivity contribution is 6.30. The Morgan fingerprint density at radius 1 is 1.14 bits per heavy atom. The number of carboxylic acid groups (broad SMARTS) is 1. The molecule has 0 saturated heterocycles. The van der Waals surface area contributed by atoms with Crippen LogP contribution in [0.1, 0.15) is 38.5 Å². The minimum absolute atomic E-state index is 0.0322. The molecule has 4 N–H and O–H groups in total. The first-order chi connectivity index (χ1) is 18.8. The average Bonchev–Trinajstić information content (AvgIpc) is 2.91. The van der Waals surface area contributed by atoms with Crippen LogP contribution < -0.4 is 10.6 Å². The number of carbonyl (C=O) groups is 1. The maximum absolute atomic E-state index is 11.4. The molecule has 0 heterocycles. The largest absolute Gasteiger partial charge is 0.478 e. The number of rotatable bonds is 9. The van der Waals surface area contributed by atoms with E-state index in [-0.39, 0.29) is 16.7 Å². The monoisotopic (exact) mass is 422 g/mol. The van der Waals surface area contributed by atoms with Gasteiger partial charge < -0.3 is 20.8 Å². The number of hydrogen-bond acceptors (Lipinski definition) is 4. The number of aromatic carboxylic acids is 1. The molecule has 0 amide bonds. The van der Waals surface area contributed by atoms with E-state index in [0.29, 0.717) is 0 Å². The van der Waals surface area contributed by atoms with Crippen molar-refractivity contribution in [3.05, 3.63) is 88.8 Å². The maximum atomic E-state index is 11.4. The van der Waals surface area contributed by atoms with Crippen molar-refractivity contribution < 1.29 is 31.5 Å². The normalized spacial score (nSPS) is 18.7. The van der Waals surface area contributed by atoms with Gasteiger partial charge in [0.1, 0.15) is 0 Å². The third kappa shape index (κ3) is 6.06. The van der Waals surface area contributed by atoms with Crippen LogP contribution in [0.25, 0.3) is 11.1 Å². The number of benzene rings is 3. The molecule has 0 fully saturated rings. The second-order valence-corrected chi connectivity index (χ2v) is 6.01. The summed E-state index contributed by atoms with van der Waals surface area (Å²) in [5.74, 6) is -1.30. The first-order valence-corrected chi connectivity index (χ1v) is 8.62. The van der Waals surface area contributed by atoms with E-state index in [0.717, 1.165) is 6.07 Å². The van der Waals surface area contributed by atoms with Crippen molar-refractivity contribution in [3.8, 4) is 11.1 Å². The summed E-state index contributed by atoms with van der Waals surface area (Å²) in [6.45, 7) is -7.01. The molecule has 0 saturated carbocycles. The van der Waals surface area contributed by atoms with Gasteiger partial charge in [-0.25, -0.2) is 4.79 Å². The van der Waals surface area contributed by atoms with Crippen LogP contribution in [-0.2, 0) is 0 Å². The van der Waals surface area contributed by atoms with Crippen molar-refractivity contribution in [2.24, 2.45) is 0 Å². The number of aliphatic hydroxyl groups excluding tert-OH is 1. The lowest BCUT2D eigenvalue weighted by Gasteiger charge is -2.13. The molecule has 3 aromatic carbocycles. The molecule has 0 aliphatic carbocycles. The first-order valence-electron chi connectivity index (χ1n) is 14.2. The number of hydrogen-bond donors (Lipinski definition) is 4. The standard InChI is InChI=1S/C23H23ClN2O3/c24-20-8-2-6-18(13-20)22(27)15-25-10-11-26-21-9-3-5-17(14-21)16-4-1-7-19(12-16)23(28)29/h1-9,12-14,22,25-27H,10-11,15H2,(H,28,29)/t22-/m0/s1/i2D,3D,5D,6D,8D,9D,10D2,11D2,13D,14D. The molecular weight excluding hydrogens is 388 g/mol. The first kappa shape index (κ1) is 10.3. The van der Waals surface area contributed by atoms with Gasteiger partial charge in [-0.1, -0.05) is 47.9 Å². The predicted molar refractivity (Wildman–Crippen MR) is 117 cm³/mol. The van der Waals surface area contributed by atoms with E-state index < -0.39 is 96.2 Å². The fourth-order valence-electron chi connectivity index (χ4n) is 2.25. The van der Waals surface area contributed by atoms with Crippen molar-refractivity contribution in [2.45, 2.75) is 6.10 Å². The zero-order valence-corrected chi connectivity index (χ0v) is 15.5. The summed E-state index contributed by atoms with van der Waals surface area (Å²) in [5.41, 5.74) is -1.58. The highest BCUT2D eigenvalue weighted by atomic mass is 35.5. The van der Waals surface area contributed by atoms with Gasteiger partial charge in [0.25, 0.3) is 0 Å². The fraction of sp³-hybridized carbons (Fsp3) is 0.174. The van der Waals surface area contributed by atoms with E-state index in [1.54, 1.807) is 0 Å². The third-order valence-electron chi connectivity index (χ3n) is 3.60. The highest BCUT2D eigenvalue weighted by Crippen LogP contribution is 2.23. The van der Waals surface area contributed by atoms with Gasteiger partial charge in [0.2, 0.25) is 0 Å². The molecule has 3 aromatic rings. The van der Waals surface area contributed by atoms with Gasteiger partial charge in [-0.15, -0.1) is 0 Å². The Balaban J connectivity index is 1.96. The van der Waals surface area contributed by atoms with E-state index in [2.05, 4.69) is 10.6 Å². The van der Waals surface area contributed by atoms with Crippen LogP contribution in [0.2, 0.25) is 5.02 Å². The van der Waals surface area contributed by atoms with E-state index in [1.165, 1.54) is 18.2 Å². The molecule has 0 unspecified atom stereocenters. The Kier molecular flexibility index (Phi) is 3.56. The van der Waals surface area contributed by atoms with Crippen LogP contribution in [0.4, 0.5) is 5.69 Å². The molecule has 1 atom stereocenters. The average molecular weight is 423 g/mol. The van der Waals surface area contributed by atoms with Crippen molar-refractivity contribution in [1.29, 1.82) is 0 Å². The van der Waals surface area contributed by atoms with Gasteiger partial charge in [-0.05, 0) is 53.0 Å². The molecule has 0 aliphatic rings. The van der Waals surface area contributed by atoms with Gasteiger partial charge in [0.15, 0.2) is 0 Å².